The van der Waals surface area contributed by atoms with Crippen LogP contribution in [0.2, 0.25) is 0 Å². The van der Waals surface area contributed by atoms with E-state index < -0.39 is 127 Å². The number of ether oxygens (including phenoxy) is 1. The van der Waals surface area contributed by atoms with Gasteiger partial charge in [-0.25, -0.2) is 9.59 Å². The molecular formula is C47H73N13O13. The van der Waals surface area contributed by atoms with Gasteiger partial charge in [-0.05, 0) is 57.9 Å². The third kappa shape index (κ3) is 23.0. The molecule has 1 aromatic rings. The van der Waals surface area contributed by atoms with Crippen molar-refractivity contribution in [2.45, 2.75) is 127 Å². The molecule has 0 bridgehead atoms. The smallest absolute Gasteiger partial charge is 0.326 e. The summed E-state index contributed by atoms with van der Waals surface area (Å²) in [7, 11) is 1.60. The van der Waals surface area contributed by atoms with Crippen molar-refractivity contribution in [3.8, 4) is 0 Å². The number of carboxylic acids is 2. The maximum Gasteiger partial charge on any atom is 0.326 e. The van der Waals surface area contributed by atoms with Gasteiger partial charge in [-0.15, -0.1) is 0 Å². The topological polar surface area (TPSA) is 437 Å². The van der Waals surface area contributed by atoms with Crippen LogP contribution in [0.15, 0.2) is 64.1 Å². The van der Waals surface area contributed by atoms with E-state index in [2.05, 4.69) is 47.2 Å². The summed E-state index contributed by atoms with van der Waals surface area (Å²) in [4.78, 5) is 128. The van der Waals surface area contributed by atoms with Gasteiger partial charge < -0.3 is 80.2 Å². The lowest BCUT2D eigenvalue weighted by Gasteiger charge is -2.27. The number of carbonyl (C=O) groups excluding carboxylic acids is 7. The number of nitrogens with zero attached hydrogens (tertiary/aromatic N) is 2. The van der Waals surface area contributed by atoms with Crippen LogP contribution < -0.4 is 60.2 Å². The number of allylic oxidation sites excluding steroid dienone is 2. The third-order valence-electron chi connectivity index (χ3n) is 11.6. The van der Waals surface area contributed by atoms with Gasteiger partial charge in [0, 0.05) is 32.5 Å². The first-order valence-corrected chi connectivity index (χ1v) is 23.7. The Morgan fingerprint density at radius 1 is 0.726 bits per heavy atom. The van der Waals surface area contributed by atoms with Crippen molar-refractivity contribution in [3.05, 3.63) is 59.7 Å². The van der Waals surface area contributed by atoms with Crippen molar-refractivity contribution < 1.29 is 63.2 Å². The van der Waals surface area contributed by atoms with Crippen LogP contribution in [0.1, 0.15) is 78.2 Å². The van der Waals surface area contributed by atoms with Crippen LogP contribution in [0.4, 0.5) is 0 Å². The summed E-state index contributed by atoms with van der Waals surface area (Å²) >= 11 is 0. The molecule has 10 atom stereocenters. The highest BCUT2D eigenvalue weighted by atomic mass is 16.5. The predicted octanol–water partition coefficient (Wildman–Crippen LogP) is -3.12. The van der Waals surface area contributed by atoms with Gasteiger partial charge in [0.15, 0.2) is 11.9 Å². The van der Waals surface area contributed by atoms with E-state index in [1.807, 2.05) is 43.3 Å². The maximum atomic E-state index is 14.3. The van der Waals surface area contributed by atoms with Gasteiger partial charge in [-0.3, -0.25) is 43.5 Å². The molecule has 0 spiro atoms. The van der Waals surface area contributed by atoms with E-state index in [1.165, 1.54) is 19.9 Å². The lowest BCUT2D eigenvalue weighted by molar-refractivity contribution is -0.144. The molecule has 1 aliphatic rings. The zero-order valence-corrected chi connectivity index (χ0v) is 41.8. The fourth-order valence-corrected chi connectivity index (χ4v) is 7.36. The number of amides is 7. The molecule has 18 N–H and O–H groups in total. The number of hydrogen-bond donors (Lipinski definition) is 14. The monoisotopic (exact) mass is 1030 g/mol. The number of rotatable bonds is 18. The fraction of sp³-hybridized carbons (Fsp3) is 0.553. The summed E-state index contributed by atoms with van der Waals surface area (Å²) in [6.45, 7) is 5.36. The van der Waals surface area contributed by atoms with Gasteiger partial charge >= 0.3 is 11.9 Å². The lowest BCUT2D eigenvalue weighted by Crippen LogP contribution is -2.58. The van der Waals surface area contributed by atoms with Crippen molar-refractivity contribution >= 4 is 65.2 Å². The van der Waals surface area contributed by atoms with Crippen molar-refractivity contribution in [3.63, 3.8) is 0 Å². The Balaban J connectivity index is 2.69. The van der Waals surface area contributed by atoms with E-state index >= 15 is 0 Å². The summed E-state index contributed by atoms with van der Waals surface area (Å²) in [6, 6.07) is -1.12. The van der Waals surface area contributed by atoms with E-state index in [9.17, 15) is 58.5 Å². The number of aliphatic hydroxyl groups is 1. The Bertz CT molecular complexity index is 2180. The molecular weight excluding hydrogens is 955 g/mol. The molecule has 0 saturated carbocycles. The van der Waals surface area contributed by atoms with E-state index in [0.717, 1.165) is 5.56 Å². The van der Waals surface area contributed by atoms with Crippen LogP contribution >= 0.6 is 0 Å². The third-order valence-corrected chi connectivity index (χ3v) is 11.6. The lowest BCUT2D eigenvalue weighted by atomic mass is 9.94. The van der Waals surface area contributed by atoms with Crippen molar-refractivity contribution in [1.82, 2.24) is 37.2 Å². The van der Waals surface area contributed by atoms with E-state index in [-0.39, 0.29) is 62.7 Å². The first-order chi connectivity index (χ1) is 34.4. The summed E-state index contributed by atoms with van der Waals surface area (Å²) in [5, 5.41) is 47.1. The Kier molecular flexibility index (Phi) is 26.7. The Morgan fingerprint density at radius 2 is 1.26 bits per heavy atom. The number of nitrogens with one attached hydrogen (secondary N) is 7. The highest BCUT2D eigenvalue weighted by Gasteiger charge is 2.34. The molecule has 0 aromatic heterocycles. The van der Waals surface area contributed by atoms with Crippen LogP contribution in [-0.4, -0.2) is 156 Å². The average Bonchev–Trinajstić information content (AvgIpc) is 3.33. The maximum absolute atomic E-state index is 14.3. The molecule has 26 nitrogen and oxygen atoms in total. The summed E-state index contributed by atoms with van der Waals surface area (Å²) in [6.07, 6.45) is 3.27. The molecule has 26 heteroatoms. The minimum Gasteiger partial charge on any atom is -0.480 e. The molecule has 404 valence electrons. The number of hydrogen-bond acceptors (Lipinski definition) is 13. The molecule has 7 amide bonds. The molecule has 73 heavy (non-hydrogen) atoms. The van der Waals surface area contributed by atoms with Crippen molar-refractivity contribution in [1.29, 1.82) is 0 Å². The first-order valence-electron chi connectivity index (χ1n) is 23.7. The van der Waals surface area contributed by atoms with Gasteiger partial charge in [0.2, 0.25) is 41.4 Å². The van der Waals surface area contributed by atoms with Crippen LogP contribution in [0.5, 0.6) is 0 Å². The number of aliphatic imine (C=N–C) groups is 2. The minimum atomic E-state index is -1.93. The minimum absolute atomic E-state index is 0.000688. The summed E-state index contributed by atoms with van der Waals surface area (Å²) in [5.41, 5.74) is 23.5. The Labute approximate surface area is 423 Å². The van der Waals surface area contributed by atoms with Crippen molar-refractivity contribution in [2.24, 2.45) is 44.8 Å². The fourth-order valence-electron chi connectivity index (χ4n) is 7.36. The number of nitrogens with two attached hydrogens (primary N) is 4. The zero-order chi connectivity index (χ0) is 54.8. The predicted molar refractivity (Wildman–Crippen MR) is 267 cm³/mol. The largest absolute Gasteiger partial charge is 0.480 e. The van der Waals surface area contributed by atoms with Crippen LogP contribution in [-0.2, 0) is 54.3 Å². The quantitative estimate of drug-likeness (QED) is 0.0299. The summed E-state index contributed by atoms with van der Waals surface area (Å²) < 4.78 is 5.80. The number of aliphatic hydroxyl groups excluding tert-OH is 1. The van der Waals surface area contributed by atoms with Gasteiger partial charge in [0.05, 0.1) is 31.1 Å². The molecule has 1 aromatic carbocycles. The Morgan fingerprint density at radius 3 is 1.81 bits per heavy atom. The second-order valence-electron chi connectivity index (χ2n) is 17.6. The molecule has 0 radical (unpaired) electrons. The SMILES string of the molecule is CO[C@@H](Cc1ccccc1)[C@@H](C)/C=C(C)/C=C/[C@@H]1NC(=O)[C@H](CCCN=C(N)N)NC(=O)C[C@H](C(=O)O)NC(=O)[C@H](CCCN=C(N)N)NC(=O)[C@@H](C)NC(=O)[C@H](CO)NC(=O)CC[C@H](C(=O)O)NC(=O)[C@H]1C. The molecule has 1 heterocycles. The van der Waals surface area contributed by atoms with Crippen LogP contribution in [0.25, 0.3) is 0 Å². The number of methoxy groups -OCH3 is 1. The highest BCUT2D eigenvalue weighted by molar-refractivity contribution is 5.96. The standard InChI is InChI=1S/C47H73N13O13/c1-25(21-26(2)36(73-5)22-29-11-7-6-8-12-29)15-16-30-27(3)39(64)59-33(44(69)70)17-18-37(62)56-35(24-61)43(68)54-28(4)40(65)58-32(14-10-20-53-47(50)51)42(67)60-34(45(71)72)23-38(63)55-31(41(66)57-30)13-9-19-52-46(48)49/h6-8,11-12,15-16,21,26-28,30-36,61H,9-10,13-14,17-20,22-24H2,1-5H3,(H,54,68)(H,55,63)(H,56,62)(H,57,66)(H,58,65)(H,59,64)(H,60,67)(H,69,70)(H,71,72)(H4,48,49,52)(H4,50,51,53)/b16-15+,25-21+/t26-,27-,28+,30-,31-,32-,33+,34+,35-,36-/m0/s1. The molecule has 1 aliphatic heterocycles. The molecule has 1 saturated heterocycles. The van der Waals surface area contributed by atoms with Gasteiger partial charge in [0.25, 0.3) is 0 Å². The number of aliphatic carboxylic acids is 2. The normalized spacial score (nSPS) is 24.6. The molecule has 2 rings (SSSR count). The number of carbonyl (C=O) groups is 9. The number of guanidine groups is 2. The second kappa shape index (κ2) is 31.7. The second-order valence-corrected chi connectivity index (χ2v) is 17.6. The zero-order valence-electron chi connectivity index (χ0n) is 41.8. The van der Waals surface area contributed by atoms with Gasteiger partial charge in [-0.2, -0.15) is 0 Å². The van der Waals surface area contributed by atoms with Crippen LogP contribution in [0.3, 0.4) is 0 Å². The highest BCUT2D eigenvalue weighted by Crippen LogP contribution is 2.18. The van der Waals surface area contributed by atoms with Crippen LogP contribution in [0, 0.1) is 11.8 Å². The van der Waals surface area contributed by atoms with Gasteiger partial charge in [-0.1, -0.05) is 68.0 Å². The van der Waals surface area contributed by atoms with E-state index in [0.29, 0.717) is 12.0 Å². The number of carboxylic acid groups (broad SMARTS) is 2. The van der Waals surface area contributed by atoms with E-state index in [4.69, 9.17) is 27.7 Å². The average molecular weight is 1030 g/mol. The molecule has 1 fully saturated rings. The molecule has 0 aliphatic carbocycles. The Hall–Kier alpha value is -7.61. The first kappa shape index (κ1) is 61.5. The molecule has 0 unspecified atom stereocenters. The van der Waals surface area contributed by atoms with Crippen molar-refractivity contribution in [2.75, 3.05) is 26.8 Å². The summed E-state index contributed by atoms with van der Waals surface area (Å²) in [5.74, 6) is -11.9. The van der Waals surface area contributed by atoms with E-state index in [1.54, 1.807) is 20.1 Å². The number of benzene rings is 1. The van der Waals surface area contributed by atoms with Gasteiger partial charge in [0.1, 0.15) is 36.3 Å².